The van der Waals surface area contributed by atoms with E-state index in [0.29, 0.717) is 0 Å². The standard InChI is InChI=1S/C19H22O3/c1-12-5-7-16(14(3)9-12)18-20-11-21-19(22-18)17-8-6-13(2)10-15(17)4/h5-10,18-19H,11H2,1-4H3. The Kier molecular flexibility index (Phi) is 4.30. The molecule has 116 valence electrons. The van der Waals surface area contributed by atoms with E-state index >= 15 is 0 Å². The molecule has 3 heteroatoms. The average molecular weight is 298 g/mol. The minimum absolute atomic E-state index is 0.232. The number of hydrogen-bond acceptors (Lipinski definition) is 3. The minimum Gasteiger partial charge on any atom is -0.322 e. The van der Waals surface area contributed by atoms with Gasteiger partial charge in [-0.15, -0.1) is 0 Å². The van der Waals surface area contributed by atoms with Crippen LogP contribution in [0.15, 0.2) is 36.4 Å². The Morgan fingerprint density at radius 3 is 1.59 bits per heavy atom. The Morgan fingerprint density at radius 1 is 0.727 bits per heavy atom. The van der Waals surface area contributed by atoms with Gasteiger partial charge in [-0.25, -0.2) is 0 Å². The van der Waals surface area contributed by atoms with Crippen molar-refractivity contribution in [2.75, 3.05) is 6.79 Å². The van der Waals surface area contributed by atoms with Crippen molar-refractivity contribution in [1.82, 2.24) is 0 Å². The van der Waals surface area contributed by atoms with E-state index < -0.39 is 0 Å². The summed E-state index contributed by atoms with van der Waals surface area (Å²) in [5.41, 5.74) is 6.93. The van der Waals surface area contributed by atoms with E-state index in [-0.39, 0.29) is 19.4 Å². The fraction of sp³-hybridized carbons (Fsp3) is 0.368. The molecule has 0 N–H and O–H groups in total. The van der Waals surface area contributed by atoms with E-state index in [4.69, 9.17) is 14.2 Å². The second kappa shape index (κ2) is 6.21. The molecule has 0 bridgehead atoms. The first kappa shape index (κ1) is 15.2. The van der Waals surface area contributed by atoms with Gasteiger partial charge in [0.25, 0.3) is 0 Å². The molecule has 1 saturated heterocycles. The quantitative estimate of drug-likeness (QED) is 0.808. The highest BCUT2D eigenvalue weighted by Crippen LogP contribution is 2.35. The summed E-state index contributed by atoms with van der Waals surface area (Å²) in [5, 5.41) is 0. The summed E-state index contributed by atoms with van der Waals surface area (Å²) in [6, 6.07) is 12.6. The van der Waals surface area contributed by atoms with Crippen LogP contribution in [0.1, 0.15) is 46.0 Å². The monoisotopic (exact) mass is 298 g/mol. The molecule has 0 aromatic heterocycles. The maximum atomic E-state index is 6.06. The van der Waals surface area contributed by atoms with E-state index in [2.05, 4.69) is 64.1 Å². The topological polar surface area (TPSA) is 27.7 Å². The van der Waals surface area contributed by atoms with Crippen LogP contribution < -0.4 is 0 Å². The van der Waals surface area contributed by atoms with Gasteiger partial charge in [0.05, 0.1) is 0 Å². The smallest absolute Gasteiger partial charge is 0.190 e. The lowest BCUT2D eigenvalue weighted by atomic mass is 10.0. The molecule has 3 rings (SSSR count). The highest BCUT2D eigenvalue weighted by atomic mass is 16.9. The van der Waals surface area contributed by atoms with Crippen molar-refractivity contribution < 1.29 is 14.2 Å². The zero-order valence-corrected chi connectivity index (χ0v) is 13.6. The van der Waals surface area contributed by atoms with E-state index in [1.807, 2.05) is 0 Å². The number of ether oxygens (including phenoxy) is 3. The second-order valence-corrected chi connectivity index (χ2v) is 5.97. The maximum Gasteiger partial charge on any atom is 0.190 e. The van der Waals surface area contributed by atoms with Crippen LogP contribution in [0.25, 0.3) is 0 Å². The summed E-state index contributed by atoms with van der Waals surface area (Å²) >= 11 is 0. The number of aryl methyl sites for hydroxylation is 4. The lowest BCUT2D eigenvalue weighted by molar-refractivity contribution is -0.353. The van der Waals surface area contributed by atoms with Crippen LogP contribution in [-0.4, -0.2) is 6.79 Å². The van der Waals surface area contributed by atoms with Crippen LogP contribution in [0, 0.1) is 27.7 Å². The van der Waals surface area contributed by atoms with E-state index in [0.717, 1.165) is 11.1 Å². The van der Waals surface area contributed by atoms with Crippen LogP contribution >= 0.6 is 0 Å². The zero-order chi connectivity index (χ0) is 15.7. The lowest BCUT2D eigenvalue weighted by Gasteiger charge is -2.32. The fourth-order valence-electron chi connectivity index (χ4n) is 2.86. The number of benzene rings is 2. The van der Waals surface area contributed by atoms with Crippen molar-refractivity contribution in [3.63, 3.8) is 0 Å². The normalized spacial score (nSPS) is 21.8. The highest BCUT2D eigenvalue weighted by Gasteiger charge is 2.28. The first-order valence-electron chi connectivity index (χ1n) is 7.57. The third-order valence-electron chi connectivity index (χ3n) is 4.04. The molecule has 0 radical (unpaired) electrons. The Bertz CT molecular complexity index is 621. The second-order valence-electron chi connectivity index (χ2n) is 5.97. The molecule has 2 atom stereocenters. The van der Waals surface area contributed by atoms with Gasteiger partial charge in [0, 0.05) is 11.1 Å². The summed E-state index contributed by atoms with van der Waals surface area (Å²) in [4.78, 5) is 0. The molecule has 22 heavy (non-hydrogen) atoms. The molecule has 1 aliphatic rings. The van der Waals surface area contributed by atoms with Gasteiger partial charge in [-0.1, -0.05) is 47.5 Å². The van der Waals surface area contributed by atoms with Crippen molar-refractivity contribution >= 4 is 0 Å². The summed E-state index contributed by atoms with van der Waals surface area (Å²) < 4.78 is 17.4. The Morgan fingerprint density at radius 2 is 1.18 bits per heavy atom. The predicted molar refractivity (Wildman–Crippen MR) is 85.4 cm³/mol. The van der Waals surface area contributed by atoms with Gasteiger partial charge in [-0.05, 0) is 38.8 Å². The molecule has 0 spiro atoms. The molecule has 0 amide bonds. The van der Waals surface area contributed by atoms with Crippen LogP contribution in [-0.2, 0) is 14.2 Å². The highest BCUT2D eigenvalue weighted by molar-refractivity contribution is 5.33. The lowest BCUT2D eigenvalue weighted by Crippen LogP contribution is -2.25. The molecular formula is C19H22O3. The van der Waals surface area contributed by atoms with Gasteiger partial charge in [0.15, 0.2) is 19.4 Å². The molecule has 0 aliphatic carbocycles. The average Bonchev–Trinajstić information content (AvgIpc) is 2.47. The Hall–Kier alpha value is -1.68. The van der Waals surface area contributed by atoms with Crippen molar-refractivity contribution in [2.24, 2.45) is 0 Å². The van der Waals surface area contributed by atoms with Gasteiger partial charge in [-0.3, -0.25) is 0 Å². The number of rotatable bonds is 2. The van der Waals surface area contributed by atoms with E-state index in [1.54, 1.807) is 0 Å². The molecule has 3 nitrogen and oxygen atoms in total. The fourth-order valence-corrected chi connectivity index (χ4v) is 2.86. The van der Waals surface area contributed by atoms with E-state index in [1.165, 1.54) is 22.3 Å². The van der Waals surface area contributed by atoms with Gasteiger partial charge in [-0.2, -0.15) is 0 Å². The Labute approximate surface area is 131 Å². The molecular weight excluding hydrogens is 276 g/mol. The first-order valence-corrected chi connectivity index (χ1v) is 7.57. The molecule has 2 aromatic rings. The van der Waals surface area contributed by atoms with Crippen LogP contribution in [0.4, 0.5) is 0 Å². The van der Waals surface area contributed by atoms with Gasteiger partial charge >= 0.3 is 0 Å². The third kappa shape index (κ3) is 3.07. The van der Waals surface area contributed by atoms with E-state index in [9.17, 15) is 0 Å². The zero-order valence-electron chi connectivity index (χ0n) is 13.6. The predicted octanol–water partition coefficient (Wildman–Crippen LogP) is 4.64. The largest absolute Gasteiger partial charge is 0.322 e. The van der Waals surface area contributed by atoms with Crippen molar-refractivity contribution in [2.45, 2.75) is 40.3 Å². The summed E-state index contributed by atoms with van der Waals surface area (Å²) in [5.74, 6) is 0. The number of hydrogen-bond donors (Lipinski definition) is 0. The maximum absolute atomic E-state index is 6.06. The summed E-state index contributed by atoms with van der Waals surface area (Å²) in [6.07, 6.45) is -0.778. The molecule has 2 aromatic carbocycles. The van der Waals surface area contributed by atoms with Crippen molar-refractivity contribution in [3.8, 4) is 0 Å². The molecule has 1 fully saturated rings. The Balaban J connectivity index is 1.85. The SMILES string of the molecule is Cc1ccc(C2OCOC(c3ccc(C)cc3C)O2)c(C)c1. The van der Waals surface area contributed by atoms with Crippen LogP contribution in [0.5, 0.6) is 0 Å². The first-order chi connectivity index (χ1) is 10.5. The van der Waals surface area contributed by atoms with Crippen LogP contribution in [0.3, 0.4) is 0 Å². The molecule has 1 heterocycles. The third-order valence-corrected chi connectivity index (χ3v) is 4.04. The molecule has 0 saturated carbocycles. The summed E-state index contributed by atoms with van der Waals surface area (Å²) in [7, 11) is 0. The minimum atomic E-state index is -0.389. The van der Waals surface area contributed by atoms with Crippen LogP contribution in [0.2, 0.25) is 0 Å². The summed E-state index contributed by atoms with van der Waals surface area (Å²) in [6.45, 7) is 8.56. The van der Waals surface area contributed by atoms with Crippen molar-refractivity contribution in [3.05, 3.63) is 69.8 Å². The molecule has 2 unspecified atom stereocenters. The van der Waals surface area contributed by atoms with Crippen molar-refractivity contribution in [1.29, 1.82) is 0 Å². The molecule has 1 aliphatic heterocycles. The van der Waals surface area contributed by atoms with Gasteiger partial charge in [0.1, 0.15) is 0 Å². The van der Waals surface area contributed by atoms with Gasteiger partial charge in [0.2, 0.25) is 0 Å². The van der Waals surface area contributed by atoms with Gasteiger partial charge < -0.3 is 14.2 Å².